The predicted molar refractivity (Wildman–Crippen MR) is 62.6 cm³/mol. The third-order valence-electron chi connectivity index (χ3n) is 2.47. The molecule has 1 atom stereocenters. The average Bonchev–Trinajstić information content (AvgIpc) is 2.17. The van der Waals surface area contributed by atoms with Crippen LogP contribution in [0, 0.1) is 0 Å². The Morgan fingerprint density at radius 2 is 1.79 bits per heavy atom. The van der Waals surface area contributed by atoms with E-state index >= 15 is 0 Å². The number of rotatable bonds is 8. The zero-order valence-corrected chi connectivity index (χ0v) is 11.0. The highest BCUT2D eigenvalue weighted by Gasteiger charge is 2.34. The van der Waals surface area contributed by atoms with Gasteiger partial charge in [-0.05, 0) is 38.9 Å². The van der Waals surface area contributed by atoms with Gasteiger partial charge in [0.1, 0.15) is 0 Å². The standard InChI is InChI=1S/C10H25NO2Si/c1-5-12-14(6-2,7-3)13-10(4)8-9-11/h10H,5-9,11H2,1-4H3. The average molecular weight is 219 g/mol. The van der Waals surface area contributed by atoms with E-state index in [1.165, 1.54) is 0 Å². The minimum Gasteiger partial charge on any atom is -0.394 e. The van der Waals surface area contributed by atoms with Gasteiger partial charge in [-0.3, -0.25) is 0 Å². The van der Waals surface area contributed by atoms with Gasteiger partial charge in [0, 0.05) is 12.7 Å². The van der Waals surface area contributed by atoms with Crippen LogP contribution in [0.3, 0.4) is 0 Å². The molecule has 0 saturated carbocycles. The van der Waals surface area contributed by atoms with Crippen LogP contribution < -0.4 is 5.73 Å². The van der Waals surface area contributed by atoms with Crippen molar-refractivity contribution in [1.82, 2.24) is 0 Å². The summed E-state index contributed by atoms with van der Waals surface area (Å²) in [6, 6.07) is 2.04. The maximum absolute atomic E-state index is 6.05. The maximum Gasteiger partial charge on any atom is 0.337 e. The SMILES string of the molecule is CCO[Si](CC)(CC)OC(C)CCN. The summed E-state index contributed by atoms with van der Waals surface area (Å²) in [4.78, 5) is 0. The molecule has 0 aliphatic heterocycles. The molecule has 0 saturated heterocycles. The number of nitrogens with two attached hydrogens (primary N) is 1. The van der Waals surface area contributed by atoms with Gasteiger partial charge >= 0.3 is 8.56 Å². The van der Waals surface area contributed by atoms with Crippen LogP contribution in [-0.2, 0) is 8.85 Å². The van der Waals surface area contributed by atoms with Crippen LogP contribution in [-0.4, -0.2) is 27.8 Å². The molecule has 0 rings (SSSR count). The van der Waals surface area contributed by atoms with Gasteiger partial charge in [-0.2, -0.15) is 0 Å². The summed E-state index contributed by atoms with van der Waals surface area (Å²) in [5, 5.41) is 0. The van der Waals surface area contributed by atoms with Gasteiger partial charge in [-0.15, -0.1) is 0 Å². The summed E-state index contributed by atoms with van der Waals surface area (Å²) >= 11 is 0. The third-order valence-corrected chi connectivity index (χ3v) is 6.28. The van der Waals surface area contributed by atoms with E-state index in [9.17, 15) is 0 Å². The van der Waals surface area contributed by atoms with Gasteiger partial charge in [-0.1, -0.05) is 13.8 Å². The first-order valence-corrected chi connectivity index (χ1v) is 7.89. The lowest BCUT2D eigenvalue weighted by Gasteiger charge is -2.31. The van der Waals surface area contributed by atoms with E-state index in [0.717, 1.165) is 25.1 Å². The van der Waals surface area contributed by atoms with Crippen molar-refractivity contribution >= 4 is 8.56 Å². The molecule has 0 aliphatic carbocycles. The van der Waals surface area contributed by atoms with Crippen LogP contribution in [0.5, 0.6) is 0 Å². The van der Waals surface area contributed by atoms with Crippen molar-refractivity contribution in [3.8, 4) is 0 Å². The molecule has 1 unspecified atom stereocenters. The summed E-state index contributed by atoms with van der Waals surface area (Å²) < 4.78 is 11.9. The molecule has 14 heavy (non-hydrogen) atoms. The van der Waals surface area contributed by atoms with Crippen LogP contribution in [0.1, 0.15) is 34.1 Å². The van der Waals surface area contributed by atoms with Crippen molar-refractivity contribution in [2.45, 2.75) is 52.3 Å². The molecule has 0 bridgehead atoms. The largest absolute Gasteiger partial charge is 0.394 e. The molecule has 0 heterocycles. The van der Waals surface area contributed by atoms with Gasteiger partial charge in [0.05, 0.1) is 0 Å². The van der Waals surface area contributed by atoms with Crippen molar-refractivity contribution in [1.29, 1.82) is 0 Å². The molecular weight excluding hydrogens is 194 g/mol. The molecule has 0 radical (unpaired) electrons. The first-order valence-electron chi connectivity index (χ1n) is 5.65. The zero-order chi connectivity index (χ0) is 11.0. The molecular formula is C10H25NO2Si. The molecule has 2 N–H and O–H groups in total. The van der Waals surface area contributed by atoms with Gasteiger partial charge < -0.3 is 14.6 Å². The molecule has 0 aromatic carbocycles. The fourth-order valence-electron chi connectivity index (χ4n) is 1.58. The topological polar surface area (TPSA) is 44.5 Å². The number of hydrogen-bond donors (Lipinski definition) is 1. The van der Waals surface area contributed by atoms with Crippen LogP contribution in [0.15, 0.2) is 0 Å². The predicted octanol–water partition coefficient (Wildman–Crippen LogP) is 2.26. The van der Waals surface area contributed by atoms with Crippen molar-refractivity contribution in [2.75, 3.05) is 13.2 Å². The lowest BCUT2D eigenvalue weighted by molar-refractivity contribution is 0.123. The first-order chi connectivity index (χ1) is 6.64. The molecule has 0 aromatic rings. The normalized spacial score (nSPS) is 14.4. The Balaban J connectivity index is 4.18. The Labute approximate surface area is 89.2 Å². The Hall–Kier alpha value is 0.0969. The van der Waals surface area contributed by atoms with Crippen LogP contribution in [0.2, 0.25) is 12.1 Å². The zero-order valence-electron chi connectivity index (χ0n) is 10.0. The smallest absolute Gasteiger partial charge is 0.337 e. The van der Waals surface area contributed by atoms with Crippen molar-refractivity contribution in [3.63, 3.8) is 0 Å². The van der Waals surface area contributed by atoms with E-state index in [1.54, 1.807) is 0 Å². The number of hydrogen-bond acceptors (Lipinski definition) is 3. The van der Waals surface area contributed by atoms with E-state index in [4.69, 9.17) is 14.6 Å². The highest BCUT2D eigenvalue weighted by molar-refractivity contribution is 6.67. The molecule has 0 aromatic heterocycles. The second kappa shape index (κ2) is 7.40. The lowest BCUT2D eigenvalue weighted by Crippen LogP contribution is -2.43. The Morgan fingerprint density at radius 1 is 1.21 bits per heavy atom. The third kappa shape index (κ3) is 4.55. The molecule has 0 aliphatic rings. The minimum absolute atomic E-state index is 0.234. The van der Waals surface area contributed by atoms with Gasteiger partial charge in [0.2, 0.25) is 0 Å². The molecule has 0 fully saturated rings. The first kappa shape index (κ1) is 14.1. The quantitative estimate of drug-likeness (QED) is 0.637. The molecule has 86 valence electrons. The highest BCUT2D eigenvalue weighted by atomic mass is 28.4. The Bertz CT molecular complexity index is 140. The summed E-state index contributed by atoms with van der Waals surface area (Å²) in [6.45, 7) is 9.86. The maximum atomic E-state index is 6.05. The Morgan fingerprint density at radius 3 is 2.14 bits per heavy atom. The van der Waals surface area contributed by atoms with E-state index in [-0.39, 0.29) is 6.10 Å². The Kier molecular flexibility index (Phi) is 7.45. The van der Waals surface area contributed by atoms with Gasteiger partial charge in [0.25, 0.3) is 0 Å². The van der Waals surface area contributed by atoms with Gasteiger partial charge in [0.15, 0.2) is 0 Å². The van der Waals surface area contributed by atoms with Crippen molar-refractivity contribution < 1.29 is 8.85 Å². The van der Waals surface area contributed by atoms with Crippen LogP contribution in [0.4, 0.5) is 0 Å². The second-order valence-corrected chi connectivity index (χ2v) is 7.32. The fourth-order valence-corrected chi connectivity index (χ4v) is 4.27. The summed E-state index contributed by atoms with van der Waals surface area (Å²) in [5.74, 6) is 0. The summed E-state index contributed by atoms with van der Waals surface area (Å²) in [7, 11) is -1.90. The second-order valence-electron chi connectivity index (χ2n) is 3.56. The van der Waals surface area contributed by atoms with E-state index in [0.29, 0.717) is 6.54 Å². The summed E-state index contributed by atoms with van der Waals surface area (Å²) in [5.41, 5.74) is 5.50. The van der Waals surface area contributed by atoms with E-state index in [1.807, 2.05) is 6.92 Å². The van der Waals surface area contributed by atoms with Crippen LogP contribution in [0.25, 0.3) is 0 Å². The lowest BCUT2D eigenvalue weighted by atomic mass is 10.3. The van der Waals surface area contributed by atoms with Crippen molar-refractivity contribution in [3.05, 3.63) is 0 Å². The fraction of sp³-hybridized carbons (Fsp3) is 1.00. The van der Waals surface area contributed by atoms with Gasteiger partial charge in [-0.25, -0.2) is 0 Å². The molecule has 4 heteroatoms. The monoisotopic (exact) mass is 219 g/mol. The molecule has 0 amide bonds. The minimum atomic E-state index is -1.90. The highest BCUT2D eigenvalue weighted by Crippen LogP contribution is 2.21. The molecule has 0 spiro atoms. The van der Waals surface area contributed by atoms with Crippen molar-refractivity contribution in [2.24, 2.45) is 5.73 Å². The van der Waals surface area contributed by atoms with Crippen LogP contribution >= 0.6 is 0 Å². The summed E-state index contributed by atoms with van der Waals surface area (Å²) in [6.07, 6.45) is 1.15. The van der Waals surface area contributed by atoms with E-state index in [2.05, 4.69) is 20.8 Å². The van der Waals surface area contributed by atoms with E-state index < -0.39 is 8.56 Å². The molecule has 3 nitrogen and oxygen atoms in total.